The van der Waals surface area contributed by atoms with Crippen LogP contribution in [-0.2, 0) is 9.59 Å². The van der Waals surface area contributed by atoms with Crippen molar-refractivity contribution in [3.05, 3.63) is 29.3 Å². The summed E-state index contributed by atoms with van der Waals surface area (Å²) in [4.78, 5) is 24.4. The highest BCUT2D eigenvalue weighted by atomic mass is 32.2. The molecule has 2 amide bonds. The lowest BCUT2D eigenvalue weighted by Gasteiger charge is -2.16. The van der Waals surface area contributed by atoms with Crippen molar-refractivity contribution in [2.45, 2.75) is 53.2 Å². The number of thioether (sulfide) groups is 1. The van der Waals surface area contributed by atoms with Gasteiger partial charge in [-0.1, -0.05) is 44.7 Å². The van der Waals surface area contributed by atoms with Crippen LogP contribution in [0.4, 0.5) is 5.69 Å². The second-order valence-corrected chi connectivity index (χ2v) is 8.63. The number of carbonyl (C=O) groups excluding carboxylic acids is 2. The molecule has 140 valence electrons. The van der Waals surface area contributed by atoms with Crippen LogP contribution >= 0.6 is 11.8 Å². The van der Waals surface area contributed by atoms with Gasteiger partial charge in [0.1, 0.15) is 5.25 Å². The van der Waals surface area contributed by atoms with Gasteiger partial charge in [0, 0.05) is 23.2 Å². The Labute approximate surface area is 158 Å². The van der Waals surface area contributed by atoms with Crippen LogP contribution in [0, 0.1) is 19.3 Å². The fourth-order valence-electron chi connectivity index (χ4n) is 2.11. The van der Waals surface area contributed by atoms with Gasteiger partial charge in [0.25, 0.3) is 0 Å². The highest BCUT2D eigenvalue weighted by Gasteiger charge is 2.32. The molecule has 0 bridgehead atoms. The van der Waals surface area contributed by atoms with Crippen LogP contribution in [-0.4, -0.2) is 27.9 Å². The van der Waals surface area contributed by atoms with Crippen molar-refractivity contribution in [3.8, 4) is 0 Å². The lowest BCUT2D eigenvalue weighted by Crippen LogP contribution is -2.28. The molecule has 1 unspecified atom stereocenters. The minimum atomic E-state index is -0.496. The molecule has 6 nitrogen and oxygen atoms in total. The van der Waals surface area contributed by atoms with Crippen LogP contribution in [0.3, 0.4) is 0 Å². The van der Waals surface area contributed by atoms with Gasteiger partial charge < -0.3 is 10.6 Å². The molecule has 1 atom stereocenters. The predicted octanol–water partition coefficient (Wildman–Crippen LogP) is 3.64. The average Bonchev–Trinajstić information content (AvgIpc) is 2.88. The zero-order chi connectivity index (χ0) is 19.5. The first kappa shape index (κ1) is 20.2. The molecule has 1 aromatic carbocycles. The fraction of sp³-hybridized carbons (Fsp3) is 0.474. The van der Waals surface area contributed by atoms with Crippen molar-refractivity contribution in [2.24, 2.45) is 15.6 Å². The van der Waals surface area contributed by atoms with Crippen molar-refractivity contribution in [2.75, 3.05) is 5.32 Å². The van der Waals surface area contributed by atoms with E-state index in [2.05, 4.69) is 20.8 Å². The topological polar surface area (TPSA) is 82.9 Å². The van der Waals surface area contributed by atoms with E-state index in [0.29, 0.717) is 5.17 Å². The van der Waals surface area contributed by atoms with Gasteiger partial charge in [0.05, 0.1) is 0 Å². The molecule has 1 aliphatic rings. The molecular formula is C19H26N4O2S. The second-order valence-electron chi connectivity index (χ2n) is 7.44. The van der Waals surface area contributed by atoms with Crippen LogP contribution in [0.1, 0.15) is 45.2 Å². The molecule has 0 spiro atoms. The van der Waals surface area contributed by atoms with E-state index >= 15 is 0 Å². The normalized spacial score (nSPS) is 19.6. The van der Waals surface area contributed by atoms with E-state index in [0.717, 1.165) is 22.5 Å². The third kappa shape index (κ3) is 5.17. The number of aryl methyl sites for hydroxylation is 1. The maximum Gasteiger partial charge on any atom is 0.240 e. The summed E-state index contributed by atoms with van der Waals surface area (Å²) in [5.74, 6) is -0.407. The molecule has 0 aliphatic carbocycles. The number of hydrogen-bond donors (Lipinski definition) is 2. The van der Waals surface area contributed by atoms with Gasteiger partial charge in [0.15, 0.2) is 5.17 Å². The van der Waals surface area contributed by atoms with Crippen LogP contribution < -0.4 is 10.6 Å². The molecule has 2 rings (SSSR count). The standard InChI is InChI=1S/C19H26N4O2S/c1-11-8-7-9-14(12(11)2)20-16(24)10-15-17(25)21-18(26-15)23-22-13(3)19(4,5)6/h7-9,15H,10H2,1-6H3,(H,20,24)(H,21,23,25). The Bertz CT molecular complexity index is 778. The molecule has 1 fully saturated rings. The number of hydrogen-bond acceptors (Lipinski definition) is 5. The number of anilines is 1. The zero-order valence-corrected chi connectivity index (χ0v) is 17.0. The third-order valence-corrected chi connectivity index (χ3v) is 5.47. The number of rotatable bonds is 4. The summed E-state index contributed by atoms with van der Waals surface area (Å²) < 4.78 is 0. The summed E-state index contributed by atoms with van der Waals surface area (Å²) in [6, 6.07) is 5.75. The first-order valence-electron chi connectivity index (χ1n) is 8.54. The number of amides is 2. The van der Waals surface area contributed by atoms with Crippen LogP contribution in [0.25, 0.3) is 0 Å². The van der Waals surface area contributed by atoms with Gasteiger partial charge in [-0.2, -0.15) is 5.10 Å². The Morgan fingerprint density at radius 3 is 2.65 bits per heavy atom. The summed E-state index contributed by atoms with van der Waals surface area (Å²) in [5, 5.41) is 13.8. The van der Waals surface area contributed by atoms with E-state index in [1.807, 2.05) is 59.7 Å². The molecule has 2 N–H and O–H groups in total. The molecule has 1 saturated heterocycles. The van der Waals surface area contributed by atoms with Crippen LogP contribution in [0.2, 0.25) is 0 Å². The average molecular weight is 375 g/mol. The van der Waals surface area contributed by atoms with Crippen molar-refractivity contribution >= 4 is 40.1 Å². The van der Waals surface area contributed by atoms with E-state index in [1.54, 1.807) is 0 Å². The molecule has 1 heterocycles. The highest BCUT2D eigenvalue weighted by Crippen LogP contribution is 2.24. The fourth-order valence-corrected chi connectivity index (χ4v) is 3.03. The molecule has 1 aliphatic heterocycles. The van der Waals surface area contributed by atoms with E-state index in [4.69, 9.17) is 0 Å². The summed E-state index contributed by atoms with van der Waals surface area (Å²) in [6.07, 6.45) is 0.0882. The number of amidine groups is 1. The van der Waals surface area contributed by atoms with E-state index in [9.17, 15) is 9.59 Å². The first-order chi connectivity index (χ1) is 12.1. The molecule has 0 saturated carbocycles. The Morgan fingerprint density at radius 1 is 1.31 bits per heavy atom. The Morgan fingerprint density at radius 2 is 2.00 bits per heavy atom. The third-order valence-electron chi connectivity index (χ3n) is 4.40. The lowest BCUT2D eigenvalue weighted by atomic mass is 9.91. The number of nitrogens with zero attached hydrogens (tertiary/aromatic N) is 2. The smallest absolute Gasteiger partial charge is 0.240 e. The van der Waals surface area contributed by atoms with E-state index in [1.165, 1.54) is 11.8 Å². The molecule has 0 aromatic heterocycles. The number of carbonyl (C=O) groups is 2. The van der Waals surface area contributed by atoms with Crippen molar-refractivity contribution < 1.29 is 9.59 Å². The largest absolute Gasteiger partial charge is 0.326 e. The minimum Gasteiger partial charge on any atom is -0.326 e. The Hall–Kier alpha value is -2.15. The Balaban J connectivity index is 1.99. The predicted molar refractivity (Wildman–Crippen MR) is 109 cm³/mol. The van der Waals surface area contributed by atoms with Gasteiger partial charge in [-0.15, -0.1) is 5.10 Å². The monoisotopic (exact) mass is 374 g/mol. The quantitative estimate of drug-likeness (QED) is 0.623. The Kier molecular flexibility index (Phi) is 6.23. The van der Waals surface area contributed by atoms with Gasteiger partial charge in [-0.25, -0.2) is 0 Å². The summed E-state index contributed by atoms with van der Waals surface area (Å²) in [6.45, 7) is 12.0. The van der Waals surface area contributed by atoms with Gasteiger partial charge in [0.2, 0.25) is 11.8 Å². The maximum absolute atomic E-state index is 12.3. The summed E-state index contributed by atoms with van der Waals surface area (Å²) in [7, 11) is 0. The second kappa shape index (κ2) is 8.03. The maximum atomic E-state index is 12.3. The van der Waals surface area contributed by atoms with E-state index < -0.39 is 5.25 Å². The molecule has 7 heteroatoms. The molecule has 0 radical (unpaired) electrons. The SMILES string of the molecule is CC(=N/N=C1\NC(=O)C(CC(=O)Nc2cccc(C)c2C)S1)C(C)(C)C. The van der Waals surface area contributed by atoms with Gasteiger partial charge in [-0.3, -0.25) is 9.59 Å². The van der Waals surface area contributed by atoms with Crippen molar-refractivity contribution in [1.29, 1.82) is 0 Å². The van der Waals surface area contributed by atoms with Gasteiger partial charge in [-0.05, 0) is 38.0 Å². The van der Waals surface area contributed by atoms with Gasteiger partial charge >= 0.3 is 0 Å². The first-order valence-corrected chi connectivity index (χ1v) is 9.42. The number of nitrogens with one attached hydrogen (secondary N) is 2. The summed E-state index contributed by atoms with van der Waals surface area (Å²) in [5.41, 5.74) is 3.70. The van der Waals surface area contributed by atoms with Crippen molar-refractivity contribution in [1.82, 2.24) is 5.32 Å². The highest BCUT2D eigenvalue weighted by molar-refractivity contribution is 8.15. The number of benzene rings is 1. The lowest BCUT2D eigenvalue weighted by molar-refractivity contribution is -0.122. The zero-order valence-electron chi connectivity index (χ0n) is 16.1. The minimum absolute atomic E-state index is 0.0810. The molecular weight excluding hydrogens is 348 g/mol. The molecule has 26 heavy (non-hydrogen) atoms. The van der Waals surface area contributed by atoms with Crippen LogP contribution in [0.5, 0.6) is 0 Å². The summed E-state index contributed by atoms with van der Waals surface area (Å²) >= 11 is 1.24. The van der Waals surface area contributed by atoms with Crippen molar-refractivity contribution in [3.63, 3.8) is 0 Å². The van der Waals surface area contributed by atoms with E-state index in [-0.39, 0.29) is 23.7 Å². The molecule has 1 aromatic rings. The van der Waals surface area contributed by atoms with Crippen LogP contribution in [0.15, 0.2) is 28.4 Å².